The minimum Gasteiger partial charge on any atom is -0.393 e. The van der Waals surface area contributed by atoms with Gasteiger partial charge in [0.1, 0.15) is 5.82 Å². The van der Waals surface area contributed by atoms with Crippen LogP contribution in [0.25, 0.3) is 0 Å². The highest BCUT2D eigenvalue weighted by atomic mass is 16.3. The molecule has 0 bridgehead atoms. The fourth-order valence-corrected chi connectivity index (χ4v) is 2.95. The highest BCUT2D eigenvalue weighted by molar-refractivity contribution is 6.04. The van der Waals surface area contributed by atoms with E-state index in [1.54, 1.807) is 4.68 Å². The third kappa shape index (κ3) is 3.59. The molecule has 1 aliphatic rings. The summed E-state index contributed by atoms with van der Waals surface area (Å²) in [6.45, 7) is 3.73. The van der Waals surface area contributed by atoms with Crippen molar-refractivity contribution < 1.29 is 9.90 Å². The van der Waals surface area contributed by atoms with Crippen molar-refractivity contribution in [3.63, 3.8) is 0 Å². The van der Waals surface area contributed by atoms with Crippen LogP contribution in [0, 0.1) is 0 Å². The zero-order chi connectivity index (χ0) is 17.1. The highest BCUT2D eigenvalue weighted by Gasteiger charge is 2.17. The first-order valence-electron chi connectivity index (χ1n) is 8.44. The molecule has 128 valence electrons. The third-order valence-electron chi connectivity index (χ3n) is 4.49. The summed E-state index contributed by atoms with van der Waals surface area (Å²) in [6, 6.07) is 9.51. The lowest BCUT2D eigenvalue weighted by Gasteiger charge is -2.31. The molecule has 0 spiro atoms. The highest BCUT2D eigenvalue weighted by Crippen LogP contribution is 2.21. The van der Waals surface area contributed by atoms with Gasteiger partial charge in [-0.15, -0.1) is 0 Å². The van der Waals surface area contributed by atoms with E-state index >= 15 is 0 Å². The van der Waals surface area contributed by atoms with Crippen molar-refractivity contribution in [3.05, 3.63) is 41.6 Å². The van der Waals surface area contributed by atoms with Gasteiger partial charge in [-0.3, -0.25) is 9.48 Å². The number of carbonyl (C=O) groups excluding carboxylic acids is 1. The monoisotopic (exact) mass is 328 g/mol. The molecule has 1 aromatic carbocycles. The molecular formula is C18H24N4O2. The molecule has 1 aromatic heterocycles. The van der Waals surface area contributed by atoms with Gasteiger partial charge in [0.2, 0.25) is 0 Å². The van der Waals surface area contributed by atoms with E-state index in [1.807, 2.05) is 44.3 Å². The number of hydrogen-bond acceptors (Lipinski definition) is 4. The summed E-state index contributed by atoms with van der Waals surface area (Å²) < 4.78 is 1.68. The molecule has 0 atom stereocenters. The van der Waals surface area contributed by atoms with E-state index in [0.717, 1.165) is 43.7 Å². The zero-order valence-electron chi connectivity index (χ0n) is 14.2. The van der Waals surface area contributed by atoms with Crippen molar-refractivity contribution in [2.75, 3.05) is 23.3 Å². The molecule has 1 amide bonds. The number of aryl methyl sites for hydroxylation is 2. The van der Waals surface area contributed by atoms with E-state index < -0.39 is 0 Å². The molecule has 3 rings (SSSR count). The first-order valence-corrected chi connectivity index (χ1v) is 8.44. The molecule has 2 aromatic rings. The smallest absolute Gasteiger partial charge is 0.256 e. The van der Waals surface area contributed by atoms with Gasteiger partial charge in [-0.1, -0.05) is 6.92 Å². The van der Waals surface area contributed by atoms with E-state index in [0.29, 0.717) is 11.4 Å². The molecular weight excluding hydrogens is 304 g/mol. The van der Waals surface area contributed by atoms with Crippen molar-refractivity contribution in [2.45, 2.75) is 32.3 Å². The number of aliphatic hydroxyl groups excluding tert-OH is 1. The number of nitrogens with one attached hydrogen (secondary N) is 1. The summed E-state index contributed by atoms with van der Waals surface area (Å²) in [4.78, 5) is 14.6. The Bertz CT molecular complexity index is 700. The van der Waals surface area contributed by atoms with Gasteiger partial charge >= 0.3 is 0 Å². The first-order chi connectivity index (χ1) is 11.6. The van der Waals surface area contributed by atoms with Crippen molar-refractivity contribution in [2.24, 2.45) is 7.05 Å². The Labute approximate surface area is 142 Å². The Morgan fingerprint density at radius 2 is 1.96 bits per heavy atom. The van der Waals surface area contributed by atoms with Crippen LogP contribution in [0.5, 0.6) is 0 Å². The third-order valence-corrected chi connectivity index (χ3v) is 4.49. The fraction of sp³-hybridized carbons (Fsp3) is 0.444. The van der Waals surface area contributed by atoms with Crippen LogP contribution in [-0.2, 0) is 13.5 Å². The van der Waals surface area contributed by atoms with Crippen molar-refractivity contribution in [1.82, 2.24) is 9.78 Å². The predicted octanol–water partition coefficient (Wildman–Crippen LogP) is 2.20. The molecule has 1 saturated heterocycles. The van der Waals surface area contributed by atoms with E-state index in [2.05, 4.69) is 15.3 Å². The molecule has 2 N–H and O–H groups in total. The maximum Gasteiger partial charge on any atom is 0.256 e. The average Bonchev–Trinajstić information content (AvgIpc) is 2.95. The number of rotatable bonds is 4. The average molecular weight is 328 g/mol. The minimum absolute atomic E-state index is 0.138. The first kappa shape index (κ1) is 16.5. The number of nitrogens with zero attached hydrogens (tertiary/aromatic N) is 3. The lowest BCUT2D eigenvalue weighted by Crippen LogP contribution is -2.35. The van der Waals surface area contributed by atoms with Gasteiger partial charge in [0.05, 0.1) is 11.8 Å². The summed E-state index contributed by atoms with van der Waals surface area (Å²) in [5.74, 6) is 0.562. The van der Waals surface area contributed by atoms with Gasteiger partial charge in [0, 0.05) is 37.5 Å². The van der Waals surface area contributed by atoms with E-state index in [-0.39, 0.29) is 12.0 Å². The molecule has 1 fully saturated rings. The number of anilines is 2. The van der Waals surface area contributed by atoms with E-state index in [4.69, 9.17) is 0 Å². The number of carbonyl (C=O) groups is 1. The lowest BCUT2D eigenvalue weighted by atomic mass is 10.1. The van der Waals surface area contributed by atoms with E-state index in [1.165, 1.54) is 0 Å². The Balaban J connectivity index is 1.66. The van der Waals surface area contributed by atoms with Crippen molar-refractivity contribution in [1.29, 1.82) is 0 Å². The quantitative estimate of drug-likeness (QED) is 0.903. The summed E-state index contributed by atoms with van der Waals surface area (Å²) >= 11 is 0. The number of aromatic nitrogens is 2. The standard InChI is InChI=1S/C18H24N4O2/c1-3-14-12-17(21(2)20-14)19-18(24)13-4-6-15(7-5-13)22-10-8-16(23)9-11-22/h4-7,12,16,23H,3,8-11H2,1-2H3,(H,19,24). The number of aliphatic hydroxyl groups is 1. The maximum absolute atomic E-state index is 12.4. The predicted molar refractivity (Wildman–Crippen MR) is 94.4 cm³/mol. The summed E-state index contributed by atoms with van der Waals surface area (Å²) in [6.07, 6.45) is 2.24. The van der Waals surface area contributed by atoms with Gasteiger partial charge in [-0.25, -0.2) is 0 Å². The van der Waals surface area contributed by atoms with Crippen LogP contribution in [0.1, 0.15) is 35.8 Å². The van der Waals surface area contributed by atoms with Crippen LogP contribution < -0.4 is 10.2 Å². The molecule has 0 aliphatic carbocycles. The summed E-state index contributed by atoms with van der Waals surface area (Å²) in [7, 11) is 1.82. The second-order valence-corrected chi connectivity index (χ2v) is 6.22. The van der Waals surface area contributed by atoms with Gasteiger partial charge in [-0.05, 0) is 43.5 Å². The number of hydrogen-bond donors (Lipinski definition) is 2. The van der Waals surface area contributed by atoms with Crippen molar-refractivity contribution >= 4 is 17.4 Å². The van der Waals surface area contributed by atoms with Crippen LogP contribution in [0.4, 0.5) is 11.5 Å². The normalized spacial score (nSPS) is 15.5. The molecule has 24 heavy (non-hydrogen) atoms. The summed E-state index contributed by atoms with van der Waals surface area (Å²) in [5.41, 5.74) is 2.66. The fourth-order valence-electron chi connectivity index (χ4n) is 2.95. The number of benzene rings is 1. The Hall–Kier alpha value is -2.34. The van der Waals surface area contributed by atoms with Gasteiger partial charge in [-0.2, -0.15) is 5.10 Å². The van der Waals surface area contributed by atoms with E-state index in [9.17, 15) is 9.90 Å². The minimum atomic E-state index is -0.182. The molecule has 0 unspecified atom stereocenters. The van der Waals surface area contributed by atoms with Crippen molar-refractivity contribution in [3.8, 4) is 0 Å². The largest absolute Gasteiger partial charge is 0.393 e. The van der Waals surface area contributed by atoms with Crippen LogP contribution in [0.2, 0.25) is 0 Å². The summed E-state index contributed by atoms with van der Waals surface area (Å²) in [5, 5.41) is 16.8. The Morgan fingerprint density at radius 3 is 2.54 bits per heavy atom. The van der Waals surface area contributed by atoms with Crippen LogP contribution in [0.3, 0.4) is 0 Å². The molecule has 6 heteroatoms. The second kappa shape index (κ2) is 7.05. The molecule has 0 radical (unpaired) electrons. The second-order valence-electron chi connectivity index (χ2n) is 6.22. The molecule has 1 aliphatic heterocycles. The Morgan fingerprint density at radius 1 is 1.29 bits per heavy atom. The molecule has 0 saturated carbocycles. The van der Waals surface area contributed by atoms with Gasteiger partial charge < -0.3 is 15.3 Å². The van der Waals surface area contributed by atoms with Gasteiger partial charge in [0.25, 0.3) is 5.91 Å². The SMILES string of the molecule is CCc1cc(NC(=O)c2ccc(N3CCC(O)CC3)cc2)n(C)n1. The van der Waals surface area contributed by atoms with Crippen LogP contribution >= 0.6 is 0 Å². The number of piperidine rings is 1. The van der Waals surface area contributed by atoms with Crippen LogP contribution in [-0.4, -0.2) is 40.0 Å². The molecule has 2 heterocycles. The Kier molecular flexibility index (Phi) is 4.85. The van der Waals surface area contributed by atoms with Crippen LogP contribution in [0.15, 0.2) is 30.3 Å². The van der Waals surface area contributed by atoms with Gasteiger partial charge in [0.15, 0.2) is 0 Å². The maximum atomic E-state index is 12.4. The topological polar surface area (TPSA) is 70.4 Å². The molecule has 6 nitrogen and oxygen atoms in total. The lowest BCUT2D eigenvalue weighted by molar-refractivity contribution is 0.102. The zero-order valence-corrected chi connectivity index (χ0v) is 14.2. The number of amides is 1.